The van der Waals surface area contributed by atoms with Crippen molar-refractivity contribution < 1.29 is 0 Å². The molecule has 2 aliphatic heterocycles. The average molecular weight is 751 g/mol. The Kier molecular flexibility index (Phi) is 9.09. The normalized spacial score (nSPS) is 24.6. The van der Waals surface area contributed by atoms with Crippen LogP contribution in [0, 0.1) is 17.3 Å². The highest BCUT2D eigenvalue weighted by Gasteiger charge is 2.38. The fraction of sp³-hybridized carbons (Fsp3) is 0.283. The summed E-state index contributed by atoms with van der Waals surface area (Å²) in [5.74, 6) is 1.09. The molecular formula is C53H52P2. The van der Waals surface area contributed by atoms with Gasteiger partial charge in [-0.25, -0.2) is 0 Å². The lowest BCUT2D eigenvalue weighted by Gasteiger charge is -2.33. The van der Waals surface area contributed by atoms with Crippen molar-refractivity contribution in [2.24, 2.45) is 17.3 Å². The van der Waals surface area contributed by atoms with Crippen LogP contribution in [0.15, 0.2) is 97.1 Å². The van der Waals surface area contributed by atoms with Gasteiger partial charge >= 0.3 is 0 Å². The summed E-state index contributed by atoms with van der Waals surface area (Å²) >= 11 is 0. The zero-order chi connectivity index (χ0) is 37.3. The summed E-state index contributed by atoms with van der Waals surface area (Å²) in [7, 11) is -0.906. The summed E-state index contributed by atoms with van der Waals surface area (Å²) in [6, 6.07) is 38.2. The van der Waals surface area contributed by atoms with E-state index in [9.17, 15) is 0 Å². The Morgan fingerprint density at radius 2 is 1.27 bits per heavy atom. The van der Waals surface area contributed by atoms with Crippen molar-refractivity contribution in [2.75, 3.05) is 12.3 Å². The van der Waals surface area contributed by atoms with Crippen LogP contribution in [-0.2, 0) is 12.3 Å². The number of rotatable bonds is 2. The zero-order valence-electron chi connectivity index (χ0n) is 32.9. The second-order valence-corrected chi connectivity index (χ2v) is 21.7. The van der Waals surface area contributed by atoms with Gasteiger partial charge in [-0.15, -0.1) is 0 Å². The van der Waals surface area contributed by atoms with Gasteiger partial charge in [-0.2, -0.15) is 0 Å². The van der Waals surface area contributed by atoms with E-state index in [1.165, 1.54) is 65.8 Å². The Hall–Kier alpha value is -4.08. The molecule has 3 unspecified atom stereocenters. The van der Waals surface area contributed by atoms with Crippen LogP contribution in [0.5, 0.6) is 0 Å². The quantitative estimate of drug-likeness (QED) is 0.186. The first-order valence-corrected chi connectivity index (χ1v) is 24.1. The summed E-state index contributed by atoms with van der Waals surface area (Å²) in [4.78, 5) is 0. The summed E-state index contributed by atoms with van der Waals surface area (Å²) in [5, 5.41) is 14.9. The summed E-state index contributed by atoms with van der Waals surface area (Å²) in [5.41, 5.74) is 9.42. The number of fused-ring (bicyclic) bond motifs is 9. The Bertz CT molecular complexity index is 2910. The second kappa shape index (κ2) is 14.1. The van der Waals surface area contributed by atoms with Crippen molar-refractivity contribution in [1.82, 2.24) is 0 Å². The van der Waals surface area contributed by atoms with Crippen LogP contribution in [0.3, 0.4) is 0 Å². The van der Waals surface area contributed by atoms with Gasteiger partial charge in [-0.1, -0.05) is 170 Å². The van der Waals surface area contributed by atoms with Gasteiger partial charge in [-0.05, 0) is 160 Å². The maximum atomic E-state index is 2.59. The maximum Gasteiger partial charge on any atom is -0.00260 e. The van der Waals surface area contributed by atoms with Gasteiger partial charge in [0.15, 0.2) is 0 Å². The Labute approximate surface area is 329 Å². The zero-order valence-corrected chi connectivity index (χ0v) is 34.7. The minimum atomic E-state index is -0.479. The van der Waals surface area contributed by atoms with Gasteiger partial charge in [-0.3, -0.25) is 0 Å². The topological polar surface area (TPSA) is 0 Å². The monoisotopic (exact) mass is 750 g/mol. The number of hydrogen-bond acceptors (Lipinski definition) is 0. The summed E-state index contributed by atoms with van der Waals surface area (Å²) in [6.45, 7) is 9.73. The van der Waals surface area contributed by atoms with Crippen molar-refractivity contribution in [1.29, 1.82) is 0 Å². The first-order chi connectivity index (χ1) is 26.9. The third kappa shape index (κ3) is 6.11. The van der Waals surface area contributed by atoms with Crippen molar-refractivity contribution in [3.8, 4) is 0 Å². The SMILES string of the molecule is C/C=c1/cccc/c1=C1\c2c(ccc3c2=C[C@H](C)CC=3)CP(c2ccccc2P2Cc3ccc4c(c3C3=c5ccccc5=CCC3C2)=CCCC=4)CC1(C)C. The van der Waals surface area contributed by atoms with Crippen molar-refractivity contribution in [3.05, 3.63) is 161 Å². The molecule has 10 rings (SSSR count). The third-order valence-corrected chi connectivity index (χ3v) is 18.9. The molecule has 3 aliphatic carbocycles. The van der Waals surface area contributed by atoms with Crippen molar-refractivity contribution >= 4 is 74.1 Å². The van der Waals surface area contributed by atoms with Gasteiger partial charge < -0.3 is 0 Å². The first kappa shape index (κ1) is 35.3. The van der Waals surface area contributed by atoms with Crippen LogP contribution in [-0.4, -0.2) is 12.3 Å². The minimum absolute atomic E-state index is 0.00940. The molecule has 5 aliphatic rings. The first-order valence-electron chi connectivity index (χ1n) is 20.7. The maximum absolute atomic E-state index is 2.59. The van der Waals surface area contributed by atoms with Crippen molar-refractivity contribution in [3.63, 3.8) is 0 Å². The predicted molar refractivity (Wildman–Crippen MR) is 242 cm³/mol. The number of hydrogen-bond donors (Lipinski definition) is 0. The Morgan fingerprint density at radius 1 is 0.618 bits per heavy atom. The standard InChI is InChI=1S/C53H52P2/c1-5-36-14-6-11-19-45(36)52-51-42(29-26-39-23-22-35(2)30-46(39)51)33-55(34-53(52,3)4)48-21-13-12-20-47(48)54-31-40-27-24-37-15-7-9-17-43(37)49(40)50-41(32-54)28-25-38-16-8-10-18-44(38)50/h5-7,9,11-21,23-26,28-30,35,40H,8,10,22,27,31-34H2,1-4H3/b36-5-,52-45-/t35-,40?,54?,55?/m1/s1. The Balaban J connectivity index is 1.17. The third-order valence-electron chi connectivity index (χ3n) is 13.1. The molecule has 0 nitrogen and oxygen atoms in total. The van der Waals surface area contributed by atoms with Gasteiger partial charge in [0.1, 0.15) is 0 Å². The fourth-order valence-electron chi connectivity index (χ4n) is 10.7. The van der Waals surface area contributed by atoms with E-state index in [4.69, 9.17) is 0 Å². The Morgan fingerprint density at radius 3 is 2.09 bits per heavy atom. The van der Waals surface area contributed by atoms with Crippen LogP contribution in [0.1, 0.15) is 75.6 Å². The summed E-state index contributed by atoms with van der Waals surface area (Å²) in [6.07, 6.45) is 24.3. The van der Waals surface area contributed by atoms with E-state index in [1.807, 2.05) is 0 Å². The molecule has 2 heteroatoms. The lowest BCUT2D eigenvalue weighted by molar-refractivity contribution is 0.573. The minimum Gasteiger partial charge on any atom is -0.0798 e. The molecule has 0 saturated carbocycles. The van der Waals surface area contributed by atoms with E-state index in [0.717, 1.165) is 31.8 Å². The molecule has 0 bridgehead atoms. The molecule has 55 heavy (non-hydrogen) atoms. The molecule has 5 aromatic carbocycles. The molecule has 0 radical (unpaired) electrons. The van der Waals surface area contributed by atoms with E-state index >= 15 is 0 Å². The van der Waals surface area contributed by atoms with E-state index in [-0.39, 0.29) is 5.41 Å². The van der Waals surface area contributed by atoms with Crippen LogP contribution in [0.2, 0.25) is 0 Å². The van der Waals surface area contributed by atoms with Crippen LogP contribution in [0.4, 0.5) is 0 Å². The van der Waals surface area contributed by atoms with Gasteiger partial charge in [0, 0.05) is 0 Å². The predicted octanol–water partition coefficient (Wildman–Crippen LogP) is 6.31. The molecule has 4 atom stereocenters. The highest BCUT2D eigenvalue weighted by molar-refractivity contribution is 7.71. The highest BCUT2D eigenvalue weighted by Crippen LogP contribution is 2.54. The molecule has 5 aromatic rings. The largest absolute Gasteiger partial charge is 0.0798 e. The van der Waals surface area contributed by atoms with E-state index in [1.54, 1.807) is 38.4 Å². The smallest absolute Gasteiger partial charge is 0.00260 e. The lowest BCUT2D eigenvalue weighted by Crippen LogP contribution is -2.39. The molecule has 0 spiro atoms. The molecule has 0 aromatic heterocycles. The van der Waals surface area contributed by atoms with E-state index in [0.29, 0.717) is 11.8 Å². The van der Waals surface area contributed by atoms with Gasteiger partial charge in [0.05, 0.1) is 0 Å². The fourth-order valence-corrected chi connectivity index (χ4v) is 17.2. The van der Waals surface area contributed by atoms with Crippen LogP contribution >= 0.6 is 15.8 Å². The van der Waals surface area contributed by atoms with Crippen LogP contribution < -0.4 is 52.4 Å². The molecule has 0 N–H and O–H groups in total. The molecule has 2 heterocycles. The molecular weight excluding hydrogens is 699 g/mol. The second-order valence-electron chi connectivity index (χ2n) is 17.3. The van der Waals surface area contributed by atoms with E-state index in [2.05, 4.69) is 161 Å². The van der Waals surface area contributed by atoms with E-state index < -0.39 is 15.8 Å². The van der Waals surface area contributed by atoms with Crippen molar-refractivity contribution in [2.45, 2.75) is 65.7 Å². The average Bonchev–Trinajstić information content (AvgIpc) is 3.46. The molecule has 0 fully saturated rings. The molecule has 274 valence electrons. The molecule has 0 saturated heterocycles. The van der Waals surface area contributed by atoms with Crippen LogP contribution in [0.25, 0.3) is 47.6 Å². The highest BCUT2D eigenvalue weighted by atomic mass is 31.1. The summed E-state index contributed by atoms with van der Waals surface area (Å²) < 4.78 is 0. The lowest BCUT2D eigenvalue weighted by atomic mass is 9.77. The van der Waals surface area contributed by atoms with Gasteiger partial charge in [0.25, 0.3) is 0 Å². The molecule has 0 amide bonds. The number of benzene rings is 5. The van der Waals surface area contributed by atoms with Gasteiger partial charge in [0.2, 0.25) is 0 Å².